The second kappa shape index (κ2) is 8.06. The molecule has 4 aromatic rings. The van der Waals surface area contributed by atoms with Crippen molar-refractivity contribution in [2.45, 2.75) is 18.9 Å². The first-order chi connectivity index (χ1) is 15.2. The molecular formula is C23H21N5O3. The van der Waals surface area contributed by atoms with Gasteiger partial charge < -0.3 is 14.2 Å². The number of hydrogen-bond acceptors (Lipinski definition) is 6. The number of nitrogens with one attached hydrogen (secondary N) is 1. The lowest BCUT2D eigenvalue weighted by Crippen LogP contribution is -2.24. The summed E-state index contributed by atoms with van der Waals surface area (Å²) < 4.78 is 10.7. The zero-order valence-corrected chi connectivity index (χ0v) is 17.0. The summed E-state index contributed by atoms with van der Waals surface area (Å²) in [5.74, 6) is 1.65. The molecule has 0 bridgehead atoms. The molecule has 156 valence electrons. The molecule has 1 saturated heterocycles. The van der Waals surface area contributed by atoms with Crippen LogP contribution in [0.25, 0.3) is 22.8 Å². The number of carbonyl (C=O) groups is 1. The predicted octanol–water partition coefficient (Wildman–Crippen LogP) is 3.65. The average molecular weight is 415 g/mol. The van der Waals surface area contributed by atoms with Crippen LogP contribution in [0.5, 0.6) is 5.75 Å². The van der Waals surface area contributed by atoms with E-state index in [-0.39, 0.29) is 11.8 Å². The van der Waals surface area contributed by atoms with Crippen molar-refractivity contribution in [1.29, 1.82) is 0 Å². The zero-order chi connectivity index (χ0) is 21.2. The molecule has 8 heteroatoms. The second-order valence-corrected chi connectivity index (χ2v) is 7.52. The molecule has 1 amide bonds. The van der Waals surface area contributed by atoms with Gasteiger partial charge in [0.1, 0.15) is 11.4 Å². The minimum absolute atomic E-state index is 0.0760. The maximum Gasteiger partial charge on any atom is 0.275 e. The van der Waals surface area contributed by atoms with Crippen molar-refractivity contribution in [3.8, 4) is 28.6 Å². The molecule has 1 atom stereocenters. The van der Waals surface area contributed by atoms with Crippen LogP contribution in [0, 0.1) is 0 Å². The maximum atomic E-state index is 12.5. The monoisotopic (exact) mass is 415 g/mol. The molecule has 5 rings (SSSR count). The van der Waals surface area contributed by atoms with Gasteiger partial charge in [-0.25, -0.2) is 0 Å². The number of likely N-dealkylation sites (tertiary alicyclic amines) is 1. The molecule has 1 fully saturated rings. The Morgan fingerprint density at radius 2 is 2.03 bits per heavy atom. The van der Waals surface area contributed by atoms with Gasteiger partial charge in [-0.1, -0.05) is 47.6 Å². The van der Waals surface area contributed by atoms with Crippen molar-refractivity contribution in [3.63, 3.8) is 0 Å². The molecule has 0 radical (unpaired) electrons. The van der Waals surface area contributed by atoms with Crippen LogP contribution >= 0.6 is 0 Å². The Morgan fingerprint density at radius 1 is 1.16 bits per heavy atom. The number of ether oxygens (including phenoxy) is 1. The third-order valence-electron chi connectivity index (χ3n) is 5.41. The number of carbonyl (C=O) groups excluding carboxylic acids is 1. The summed E-state index contributed by atoms with van der Waals surface area (Å²) in [5.41, 5.74) is 3.47. The fourth-order valence-electron chi connectivity index (χ4n) is 3.79. The van der Waals surface area contributed by atoms with E-state index in [4.69, 9.17) is 9.26 Å². The van der Waals surface area contributed by atoms with Gasteiger partial charge in [-0.2, -0.15) is 10.1 Å². The lowest BCUT2D eigenvalue weighted by Gasteiger charge is -2.16. The molecule has 0 saturated carbocycles. The quantitative estimate of drug-likeness (QED) is 0.516. The van der Waals surface area contributed by atoms with E-state index >= 15 is 0 Å². The predicted molar refractivity (Wildman–Crippen MR) is 113 cm³/mol. The third kappa shape index (κ3) is 3.92. The Balaban J connectivity index is 1.29. The largest absolute Gasteiger partial charge is 0.497 e. The number of rotatable bonds is 6. The van der Waals surface area contributed by atoms with Crippen molar-refractivity contribution in [2.75, 3.05) is 13.7 Å². The Labute approximate surface area is 178 Å². The molecule has 31 heavy (non-hydrogen) atoms. The molecule has 1 aliphatic rings. The van der Waals surface area contributed by atoms with Gasteiger partial charge in [-0.05, 0) is 23.8 Å². The number of methoxy groups -OCH3 is 1. The topological polar surface area (TPSA) is 97.1 Å². The number of nitrogens with zero attached hydrogens (tertiary/aromatic N) is 4. The number of benzene rings is 2. The molecular weight excluding hydrogens is 394 g/mol. The summed E-state index contributed by atoms with van der Waals surface area (Å²) in [6.07, 6.45) is 0.362. The van der Waals surface area contributed by atoms with Gasteiger partial charge >= 0.3 is 0 Å². The van der Waals surface area contributed by atoms with E-state index in [1.54, 1.807) is 7.11 Å². The van der Waals surface area contributed by atoms with E-state index in [0.717, 1.165) is 22.6 Å². The summed E-state index contributed by atoms with van der Waals surface area (Å²) in [6, 6.07) is 19.5. The van der Waals surface area contributed by atoms with E-state index in [1.807, 2.05) is 65.6 Å². The van der Waals surface area contributed by atoms with Gasteiger partial charge in [0.2, 0.25) is 5.91 Å². The summed E-state index contributed by atoms with van der Waals surface area (Å²) in [7, 11) is 1.63. The third-order valence-corrected chi connectivity index (χ3v) is 5.41. The Kier molecular flexibility index (Phi) is 4.95. The van der Waals surface area contributed by atoms with E-state index in [2.05, 4.69) is 20.3 Å². The van der Waals surface area contributed by atoms with Gasteiger partial charge in [0, 0.05) is 31.0 Å². The zero-order valence-electron chi connectivity index (χ0n) is 17.0. The van der Waals surface area contributed by atoms with Crippen molar-refractivity contribution < 1.29 is 14.1 Å². The Hall–Kier alpha value is -3.94. The van der Waals surface area contributed by atoms with Crippen LogP contribution in [0.4, 0.5) is 0 Å². The molecule has 2 aromatic heterocycles. The lowest BCUT2D eigenvalue weighted by atomic mass is 10.1. The smallest absolute Gasteiger partial charge is 0.275 e. The summed E-state index contributed by atoms with van der Waals surface area (Å²) in [5, 5.41) is 11.4. The highest BCUT2D eigenvalue weighted by molar-refractivity contribution is 5.79. The minimum atomic E-state index is -0.105. The summed E-state index contributed by atoms with van der Waals surface area (Å²) in [6.45, 7) is 1.07. The Morgan fingerprint density at radius 3 is 2.87 bits per heavy atom. The van der Waals surface area contributed by atoms with Gasteiger partial charge in [0.05, 0.1) is 12.8 Å². The van der Waals surface area contributed by atoms with Crippen LogP contribution in [-0.2, 0) is 11.3 Å². The number of hydrogen-bond donors (Lipinski definition) is 1. The van der Waals surface area contributed by atoms with Gasteiger partial charge in [-0.15, -0.1) is 0 Å². The van der Waals surface area contributed by atoms with E-state index in [0.29, 0.717) is 36.9 Å². The molecule has 1 N–H and O–H groups in total. The normalized spacial score (nSPS) is 16.1. The molecule has 0 aliphatic carbocycles. The fraction of sp³-hybridized carbons (Fsp3) is 0.217. The van der Waals surface area contributed by atoms with Crippen molar-refractivity contribution in [2.24, 2.45) is 0 Å². The highest BCUT2D eigenvalue weighted by Gasteiger charge is 2.34. The van der Waals surface area contributed by atoms with Crippen molar-refractivity contribution in [3.05, 3.63) is 72.1 Å². The fourth-order valence-corrected chi connectivity index (χ4v) is 3.79. The molecule has 0 spiro atoms. The summed E-state index contributed by atoms with van der Waals surface area (Å²) >= 11 is 0. The molecule has 8 nitrogen and oxygen atoms in total. The first-order valence-electron chi connectivity index (χ1n) is 10.0. The van der Waals surface area contributed by atoms with E-state index in [9.17, 15) is 4.79 Å². The van der Waals surface area contributed by atoms with Crippen molar-refractivity contribution in [1.82, 2.24) is 25.2 Å². The number of aromatic amines is 1. The SMILES string of the molecule is COc1cccc(CN2CC(c3noc(-c4cc(-c5ccccc5)n[nH]4)n3)CC2=O)c1. The molecule has 1 aliphatic heterocycles. The van der Waals surface area contributed by atoms with Gasteiger partial charge in [0.25, 0.3) is 5.89 Å². The van der Waals surface area contributed by atoms with Crippen LogP contribution in [0.2, 0.25) is 0 Å². The highest BCUT2D eigenvalue weighted by atomic mass is 16.5. The first kappa shape index (κ1) is 19.0. The molecule has 2 aromatic carbocycles. The van der Waals surface area contributed by atoms with Crippen LogP contribution in [0.1, 0.15) is 23.7 Å². The maximum absolute atomic E-state index is 12.5. The Bertz CT molecular complexity index is 1200. The van der Waals surface area contributed by atoms with Crippen molar-refractivity contribution >= 4 is 5.91 Å². The van der Waals surface area contributed by atoms with Crippen LogP contribution in [0.3, 0.4) is 0 Å². The van der Waals surface area contributed by atoms with E-state index < -0.39 is 0 Å². The van der Waals surface area contributed by atoms with E-state index in [1.165, 1.54) is 0 Å². The summed E-state index contributed by atoms with van der Waals surface area (Å²) in [4.78, 5) is 18.9. The van der Waals surface area contributed by atoms with Crippen LogP contribution < -0.4 is 4.74 Å². The minimum Gasteiger partial charge on any atom is -0.497 e. The average Bonchev–Trinajstić information content (AvgIpc) is 3.55. The van der Waals surface area contributed by atoms with Gasteiger partial charge in [-0.3, -0.25) is 9.89 Å². The number of amides is 1. The molecule has 3 heterocycles. The number of aromatic nitrogens is 4. The standard InChI is InChI=1S/C23H21N5O3/c1-30-18-9-5-6-15(10-18)13-28-14-17(11-21(28)29)22-24-23(31-27-22)20-12-19(25-26-20)16-7-3-2-4-8-16/h2-10,12,17H,11,13-14H2,1H3,(H,25,26). The highest BCUT2D eigenvalue weighted by Crippen LogP contribution is 2.30. The first-order valence-corrected chi connectivity index (χ1v) is 10.0. The number of H-pyrrole nitrogens is 1. The lowest BCUT2D eigenvalue weighted by molar-refractivity contribution is -0.128. The van der Waals surface area contributed by atoms with Crippen LogP contribution in [0.15, 0.2) is 65.2 Å². The molecule has 1 unspecified atom stereocenters. The second-order valence-electron chi connectivity index (χ2n) is 7.52. The van der Waals surface area contributed by atoms with Gasteiger partial charge in [0.15, 0.2) is 5.82 Å². The van der Waals surface area contributed by atoms with Crippen LogP contribution in [-0.4, -0.2) is 44.8 Å².